The first-order valence-corrected chi connectivity index (χ1v) is 8.83. The zero-order valence-electron chi connectivity index (χ0n) is 10.5. The molecule has 0 aliphatic rings. The molecule has 8 heteroatoms. The van der Waals surface area contributed by atoms with Gasteiger partial charge in [0.15, 0.2) is 5.03 Å². The molecule has 0 saturated heterocycles. The molecule has 0 aliphatic carbocycles. The van der Waals surface area contributed by atoms with Crippen LogP contribution < -0.4 is 0 Å². The molecule has 0 amide bonds. The Balaban J connectivity index is 2.46. The molecule has 0 spiro atoms. The highest BCUT2D eigenvalue weighted by molar-refractivity contribution is 8.13. The van der Waals surface area contributed by atoms with Crippen molar-refractivity contribution in [3.63, 3.8) is 0 Å². The minimum atomic E-state index is -3.85. The molecule has 2 aromatic rings. The van der Waals surface area contributed by atoms with Crippen molar-refractivity contribution < 1.29 is 8.42 Å². The average Bonchev–Trinajstić information content (AvgIpc) is 2.77. The van der Waals surface area contributed by atoms with Crippen LogP contribution >= 0.6 is 33.9 Å². The van der Waals surface area contributed by atoms with Crippen LogP contribution in [0, 0.1) is 0 Å². The normalized spacial score (nSPS) is 11.8. The van der Waals surface area contributed by atoms with Gasteiger partial charge in [-0.25, -0.2) is 13.4 Å². The number of rotatable bonds is 4. The Morgan fingerprint density at radius 1 is 1.25 bits per heavy atom. The molecular formula is C12H11Cl3N2O2S. The van der Waals surface area contributed by atoms with Crippen LogP contribution in [0.1, 0.15) is 18.3 Å². The lowest BCUT2D eigenvalue weighted by Gasteiger charge is -2.09. The summed E-state index contributed by atoms with van der Waals surface area (Å²) in [6.45, 7) is 2.21. The van der Waals surface area contributed by atoms with Gasteiger partial charge >= 0.3 is 0 Å². The Kier molecular flexibility index (Phi) is 4.64. The highest BCUT2D eigenvalue weighted by Gasteiger charge is 2.18. The van der Waals surface area contributed by atoms with Gasteiger partial charge in [0, 0.05) is 38.9 Å². The predicted molar refractivity (Wildman–Crippen MR) is 80.2 cm³/mol. The molecule has 0 saturated carbocycles. The summed E-state index contributed by atoms with van der Waals surface area (Å²) in [5, 5.41) is 0.867. The van der Waals surface area contributed by atoms with E-state index in [1.807, 2.05) is 6.92 Å². The first kappa shape index (κ1) is 15.6. The number of hydrogen-bond donors (Lipinski definition) is 0. The molecule has 2 rings (SSSR count). The molecule has 0 bridgehead atoms. The van der Waals surface area contributed by atoms with Crippen LogP contribution in [0.25, 0.3) is 0 Å². The zero-order valence-corrected chi connectivity index (χ0v) is 13.6. The van der Waals surface area contributed by atoms with E-state index in [9.17, 15) is 8.42 Å². The second-order valence-electron chi connectivity index (χ2n) is 4.11. The number of aryl methyl sites for hydroxylation is 1. The Labute approximate surface area is 131 Å². The second kappa shape index (κ2) is 5.93. The third kappa shape index (κ3) is 3.28. The smallest absolute Gasteiger partial charge is 0.280 e. The van der Waals surface area contributed by atoms with E-state index in [2.05, 4.69) is 4.98 Å². The summed E-state index contributed by atoms with van der Waals surface area (Å²) >= 11 is 12.2. The molecule has 0 radical (unpaired) electrons. The number of benzene rings is 1. The minimum absolute atomic E-state index is 0.167. The molecule has 0 unspecified atom stereocenters. The topological polar surface area (TPSA) is 52.0 Å². The van der Waals surface area contributed by atoms with Crippen LogP contribution in [0.15, 0.2) is 29.4 Å². The van der Waals surface area contributed by atoms with E-state index in [1.165, 1.54) is 6.20 Å². The molecule has 0 atom stereocenters. The van der Waals surface area contributed by atoms with Gasteiger partial charge in [-0.05, 0) is 12.1 Å². The number of imidazole rings is 1. The molecule has 0 aliphatic heterocycles. The first-order valence-electron chi connectivity index (χ1n) is 5.76. The van der Waals surface area contributed by atoms with Gasteiger partial charge in [-0.15, -0.1) is 0 Å². The van der Waals surface area contributed by atoms with Gasteiger partial charge in [-0.3, -0.25) is 0 Å². The van der Waals surface area contributed by atoms with E-state index in [0.717, 1.165) is 0 Å². The maximum absolute atomic E-state index is 11.3. The molecule has 0 fully saturated rings. The highest BCUT2D eigenvalue weighted by Crippen LogP contribution is 2.26. The third-order valence-corrected chi connectivity index (χ3v) is 4.67. The van der Waals surface area contributed by atoms with E-state index in [0.29, 0.717) is 34.4 Å². The van der Waals surface area contributed by atoms with Crippen molar-refractivity contribution >= 4 is 42.9 Å². The van der Waals surface area contributed by atoms with Crippen LogP contribution in [-0.4, -0.2) is 18.0 Å². The molecular weight excluding hydrogens is 343 g/mol. The molecule has 0 N–H and O–H groups in total. The minimum Gasteiger partial charge on any atom is -0.329 e. The van der Waals surface area contributed by atoms with Crippen molar-refractivity contribution in [1.29, 1.82) is 0 Å². The van der Waals surface area contributed by atoms with Crippen LogP contribution in [0.5, 0.6) is 0 Å². The van der Waals surface area contributed by atoms with E-state index in [4.69, 9.17) is 33.9 Å². The van der Waals surface area contributed by atoms with Gasteiger partial charge in [-0.2, -0.15) is 0 Å². The molecule has 4 nitrogen and oxygen atoms in total. The van der Waals surface area contributed by atoms with Gasteiger partial charge in [0.25, 0.3) is 9.05 Å². The van der Waals surface area contributed by atoms with Gasteiger partial charge in [0.05, 0.1) is 6.54 Å². The van der Waals surface area contributed by atoms with Crippen LogP contribution in [0.4, 0.5) is 0 Å². The summed E-state index contributed by atoms with van der Waals surface area (Å²) < 4.78 is 24.4. The summed E-state index contributed by atoms with van der Waals surface area (Å²) in [7, 11) is 1.46. The molecule has 1 aromatic heterocycles. The van der Waals surface area contributed by atoms with Gasteiger partial charge in [0.1, 0.15) is 5.82 Å². The van der Waals surface area contributed by atoms with Crippen molar-refractivity contribution in [2.45, 2.75) is 24.9 Å². The average molecular weight is 354 g/mol. The van der Waals surface area contributed by atoms with Gasteiger partial charge in [-0.1, -0.05) is 36.2 Å². The SMILES string of the molecule is CCc1nc(S(=O)(=O)Cl)cn1Cc1c(Cl)cccc1Cl. The predicted octanol–water partition coefficient (Wildman–Crippen LogP) is 3.73. The molecule has 1 heterocycles. The molecule has 108 valence electrons. The van der Waals surface area contributed by atoms with E-state index in [1.54, 1.807) is 22.8 Å². The van der Waals surface area contributed by atoms with Crippen LogP contribution in [0.2, 0.25) is 10.0 Å². The second-order valence-corrected chi connectivity index (χ2v) is 7.44. The first-order chi connectivity index (χ1) is 9.32. The molecule has 20 heavy (non-hydrogen) atoms. The maximum atomic E-state index is 11.3. The maximum Gasteiger partial charge on any atom is 0.280 e. The quantitative estimate of drug-likeness (QED) is 0.787. The standard InChI is InChI=1S/C12H11Cl3N2O2S/c1-2-11-16-12(20(15,18)19)7-17(11)6-8-9(13)4-3-5-10(8)14/h3-5,7H,2,6H2,1H3. The zero-order chi connectivity index (χ0) is 14.9. The van der Waals surface area contributed by atoms with Crippen molar-refractivity contribution in [3.05, 3.63) is 45.8 Å². The summed E-state index contributed by atoms with van der Waals surface area (Å²) in [6.07, 6.45) is 1.95. The monoisotopic (exact) mass is 352 g/mol. The van der Waals surface area contributed by atoms with Crippen molar-refractivity contribution in [2.24, 2.45) is 0 Å². The van der Waals surface area contributed by atoms with Crippen molar-refractivity contribution in [2.75, 3.05) is 0 Å². The van der Waals surface area contributed by atoms with Crippen molar-refractivity contribution in [3.8, 4) is 0 Å². The number of aromatic nitrogens is 2. The summed E-state index contributed by atoms with van der Waals surface area (Å²) in [6, 6.07) is 5.20. The van der Waals surface area contributed by atoms with E-state index in [-0.39, 0.29) is 5.03 Å². The lowest BCUT2D eigenvalue weighted by Crippen LogP contribution is -2.04. The fourth-order valence-corrected chi connectivity index (χ4v) is 3.03. The van der Waals surface area contributed by atoms with Crippen LogP contribution in [0.3, 0.4) is 0 Å². The summed E-state index contributed by atoms with van der Waals surface area (Å²) in [5.74, 6) is 0.597. The Bertz CT molecular complexity index is 721. The fourth-order valence-electron chi connectivity index (χ4n) is 1.82. The highest BCUT2D eigenvalue weighted by atomic mass is 35.7. The Morgan fingerprint density at radius 2 is 1.85 bits per heavy atom. The lowest BCUT2D eigenvalue weighted by molar-refractivity contribution is 0.606. The lowest BCUT2D eigenvalue weighted by atomic mass is 10.2. The number of hydrogen-bond acceptors (Lipinski definition) is 3. The van der Waals surface area contributed by atoms with E-state index >= 15 is 0 Å². The Morgan fingerprint density at radius 3 is 2.35 bits per heavy atom. The summed E-state index contributed by atoms with van der Waals surface area (Å²) in [5.41, 5.74) is 0.710. The fraction of sp³-hybridized carbons (Fsp3) is 0.250. The van der Waals surface area contributed by atoms with Gasteiger partial charge < -0.3 is 4.57 Å². The third-order valence-electron chi connectivity index (χ3n) is 2.79. The van der Waals surface area contributed by atoms with Crippen molar-refractivity contribution in [1.82, 2.24) is 9.55 Å². The molecule has 1 aromatic carbocycles. The number of nitrogens with zero attached hydrogens (tertiary/aromatic N) is 2. The number of halogens is 3. The van der Waals surface area contributed by atoms with E-state index < -0.39 is 9.05 Å². The Hall–Kier alpha value is -0.750. The van der Waals surface area contributed by atoms with Crippen LogP contribution in [-0.2, 0) is 22.0 Å². The summed E-state index contributed by atoms with van der Waals surface area (Å²) in [4.78, 5) is 4.01. The van der Waals surface area contributed by atoms with Gasteiger partial charge in [0.2, 0.25) is 0 Å². The largest absolute Gasteiger partial charge is 0.329 e.